The molecule has 0 radical (unpaired) electrons. The minimum Gasteiger partial charge on any atom is -0.481 e. The first-order chi connectivity index (χ1) is 7.08. The molecule has 2 unspecified atom stereocenters. The van der Waals surface area contributed by atoms with Crippen LogP contribution in [-0.4, -0.2) is 23.1 Å². The van der Waals surface area contributed by atoms with E-state index < -0.39 is 0 Å². The number of methoxy groups -OCH3 is 1. The van der Waals surface area contributed by atoms with E-state index in [1.54, 1.807) is 7.11 Å². The Morgan fingerprint density at radius 2 is 2.13 bits per heavy atom. The molecular formula is C11H19N3O. The Bertz CT molecular complexity index is 326. The van der Waals surface area contributed by atoms with Crippen LogP contribution in [0.3, 0.4) is 0 Å². The van der Waals surface area contributed by atoms with E-state index in [9.17, 15) is 0 Å². The average molecular weight is 209 g/mol. The van der Waals surface area contributed by atoms with E-state index in [0.29, 0.717) is 5.88 Å². The van der Waals surface area contributed by atoms with Gasteiger partial charge in [0.1, 0.15) is 5.82 Å². The van der Waals surface area contributed by atoms with Gasteiger partial charge in [-0.25, -0.2) is 4.98 Å². The molecule has 15 heavy (non-hydrogen) atoms. The molecular weight excluding hydrogens is 190 g/mol. The highest BCUT2D eigenvalue weighted by atomic mass is 16.5. The highest BCUT2D eigenvalue weighted by Crippen LogP contribution is 2.22. The largest absolute Gasteiger partial charge is 0.481 e. The van der Waals surface area contributed by atoms with E-state index in [2.05, 4.69) is 16.9 Å². The van der Waals surface area contributed by atoms with Gasteiger partial charge in [-0.1, -0.05) is 6.92 Å². The Morgan fingerprint density at radius 3 is 2.60 bits per heavy atom. The first-order valence-corrected chi connectivity index (χ1v) is 5.23. The van der Waals surface area contributed by atoms with Crippen LogP contribution < -0.4 is 10.5 Å². The molecule has 4 nitrogen and oxygen atoms in total. The van der Waals surface area contributed by atoms with Crippen LogP contribution in [0.1, 0.15) is 37.7 Å². The van der Waals surface area contributed by atoms with E-state index in [0.717, 1.165) is 17.9 Å². The lowest BCUT2D eigenvalue weighted by molar-refractivity contribution is 0.392. The van der Waals surface area contributed by atoms with E-state index in [1.807, 2.05) is 19.9 Å². The van der Waals surface area contributed by atoms with Gasteiger partial charge in [0.05, 0.1) is 12.8 Å². The quantitative estimate of drug-likeness (QED) is 0.818. The number of aryl methyl sites for hydroxylation is 1. The lowest BCUT2D eigenvalue weighted by atomic mass is 9.95. The summed E-state index contributed by atoms with van der Waals surface area (Å²) in [6, 6.07) is 1.96. The number of rotatable bonds is 4. The number of nitrogens with two attached hydrogens (primary N) is 1. The van der Waals surface area contributed by atoms with Crippen molar-refractivity contribution in [1.29, 1.82) is 0 Å². The fourth-order valence-corrected chi connectivity index (χ4v) is 1.71. The maximum Gasteiger partial charge on any atom is 0.216 e. The van der Waals surface area contributed by atoms with E-state index in [-0.39, 0.29) is 12.0 Å². The number of aromatic nitrogens is 2. The zero-order valence-corrected chi connectivity index (χ0v) is 9.82. The van der Waals surface area contributed by atoms with Gasteiger partial charge in [0.2, 0.25) is 5.88 Å². The Hall–Kier alpha value is -1.16. The van der Waals surface area contributed by atoms with Crippen molar-refractivity contribution >= 4 is 0 Å². The summed E-state index contributed by atoms with van der Waals surface area (Å²) in [5, 5.41) is 0. The third-order valence-electron chi connectivity index (χ3n) is 2.50. The van der Waals surface area contributed by atoms with Crippen LogP contribution in [0.5, 0.6) is 5.88 Å². The molecule has 84 valence electrons. The molecule has 0 bridgehead atoms. The molecule has 0 aliphatic rings. The van der Waals surface area contributed by atoms with Crippen molar-refractivity contribution in [3.8, 4) is 5.88 Å². The van der Waals surface area contributed by atoms with Crippen molar-refractivity contribution in [3.63, 3.8) is 0 Å². The minimum absolute atomic E-state index is 0.0917. The first-order valence-electron chi connectivity index (χ1n) is 5.23. The van der Waals surface area contributed by atoms with Gasteiger partial charge in [-0.05, 0) is 20.3 Å². The third kappa shape index (κ3) is 2.89. The molecule has 0 aliphatic heterocycles. The highest BCUT2D eigenvalue weighted by molar-refractivity contribution is 5.20. The van der Waals surface area contributed by atoms with Gasteiger partial charge in [-0.3, -0.25) is 0 Å². The smallest absolute Gasteiger partial charge is 0.216 e. The second-order valence-corrected chi connectivity index (χ2v) is 3.76. The van der Waals surface area contributed by atoms with Crippen molar-refractivity contribution in [3.05, 3.63) is 17.6 Å². The standard InChI is InChI=1S/C11H19N3O/c1-5-9(7(2)12)10-6-11(15-4)14-8(3)13-10/h6-7,9H,5,12H2,1-4H3. The Morgan fingerprint density at radius 1 is 1.47 bits per heavy atom. The fraction of sp³-hybridized carbons (Fsp3) is 0.636. The van der Waals surface area contributed by atoms with Crippen molar-refractivity contribution in [2.75, 3.05) is 7.11 Å². The number of hydrogen-bond donors (Lipinski definition) is 1. The summed E-state index contributed by atoms with van der Waals surface area (Å²) in [5.41, 5.74) is 6.89. The molecule has 0 spiro atoms. The highest BCUT2D eigenvalue weighted by Gasteiger charge is 2.17. The molecule has 0 aromatic carbocycles. The zero-order chi connectivity index (χ0) is 11.4. The van der Waals surface area contributed by atoms with Gasteiger partial charge in [0, 0.05) is 18.0 Å². The van der Waals surface area contributed by atoms with E-state index in [4.69, 9.17) is 10.5 Å². The SMILES string of the molecule is CCC(c1cc(OC)nc(C)n1)C(C)N. The fourth-order valence-electron chi connectivity index (χ4n) is 1.71. The predicted octanol–water partition coefficient (Wildman–Crippen LogP) is 1.63. The van der Waals surface area contributed by atoms with E-state index in [1.165, 1.54) is 0 Å². The van der Waals surface area contributed by atoms with Crippen molar-refractivity contribution < 1.29 is 4.74 Å². The topological polar surface area (TPSA) is 61.0 Å². The lowest BCUT2D eigenvalue weighted by Gasteiger charge is -2.18. The second-order valence-electron chi connectivity index (χ2n) is 3.76. The molecule has 4 heteroatoms. The normalized spacial score (nSPS) is 14.7. The molecule has 1 aromatic rings. The van der Waals surface area contributed by atoms with Gasteiger partial charge in [-0.2, -0.15) is 4.98 Å². The Balaban J connectivity index is 3.06. The molecule has 0 saturated heterocycles. The van der Waals surface area contributed by atoms with Crippen LogP contribution in [0.2, 0.25) is 0 Å². The summed E-state index contributed by atoms with van der Waals surface area (Å²) >= 11 is 0. The van der Waals surface area contributed by atoms with Gasteiger partial charge in [0.15, 0.2) is 0 Å². The maximum absolute atomic E-state index is 5.92. The molecule has 1 rings (SSSR count). The van der Waals surface area contributed by atoms with Crippen LogP contribution >= 0.6 is 0 Å². The predicted molar refractivity (Wildman–Crippen MR) is 60.0 cm³/mol. The Kier molecular flexibility index (Phi) is 4.03. The van der Waals surface area contributed by atoms with Crippen molar-refractivity contribution in [2.24, 2.45) is 5.73 Å². The molecule has 0 aliphatic carbocycles. The molecule has 2 atom stereocenters. The lowest BCUT2D eigenvalue weighted by Crippen LogP contribution is -2.25. The van der Waals surface area contributed by atoms with Crippen molar-refractivity contribution in [2.45, 2.75) is 39.2 Å². The number of hydrogen-bond acceptors (Lipinski definition) is 4. The molecule has 2 N–H and O–H groups in total. The monoisotopic (exact) mass is 209 g/mol. The van der Waals surface area contributed by atoms with Crippen LogP contribution in [0.25, 0.3) is 0 Å². The Labute approximate surface area is 90.9 Å². The van der Waals surface area contributed by atoms with Crippen LogP contribution in [0.4, 0.5) is 0 Å². The second kappa shape index (κ2) is 5.07. The van der Waals surface area contributed by atoms with Crippen LogP contribution in [-0.2, 0) is 0 Å². The molecule has 0 fully saturated rings. The summed E-state index contributed by atoms with van der Waals surface area (Å²) in [6.07, 6.45) is 0.970. The van der Waals surface area contributed by atoms with Crippen molar-refractivity contribution in [1.82, 2.24) is 9.97 Å². The summed E-state index contributed by atoms with van der Waals surface area (Å²) in [6.45, 7) is 5.97. The third-order valence-corrected chi connectivity index (χ3v) is 2.50. The number of nitrogens with zero attached hydrogens (tertiary/aromatic N) is 2. The van der Waals surface area contributed by atoms with Crippen LogP contribution in [0, 0.1) is 6.92 Å². The number of ether oxygens (including phenoxy) is 1. The summed E-state index contributed by atoms with van der Waals surface area (Å²) < 4.78 is 5.12. The van der Waals surface area contributed by atoms with Gasteiger partial charge in [-0.15, -0.1) is 0 Å². The maximum atomic E-state index is 5.92. The summed E-state index contributed by atoms with van der Waals surface area (Å²) in [5.74, 6) is 1.60. The van der Waals surface area contributed by atoms with Gasteiger partial charge < -0.3 is 10.5 Å². The zero-order valence-electron chi connectivity index (χ0n) is 9.82. The average Bonchev–Trinajstić information content (AvgIpc) is 2.17. The molecule has 0 saturated carbocycles. The molecule has 1 aromatic heterocycles. The molecule has 1 heterocycles. The van der Waals surface area contributed by atoms with Crippen LogP contribution in [0.15, 0.2) is 6.07 Å². The van der Waals surface area contributed by atoms with Gasteiger partial charge >= 0.3 is 0 Å². The minimum atomic E-state index is 0.0917. The van der Waals surface area contributed by atoms with E-state index >= 15 is 0 Å². The summed E-state index contributed by atoms with van der Waals surface area (Å²) in [7, 11) is 1.61. The summed E-state index contributed by atoms with van der Waals surface area (Å²) in [4.78, 5) is 8.56. The molecule has 0 amide bonds. The first kappa shape index (κ1) is 11.9. The van der Waals surface area contributed by atoms with Gasteiger partial charge in [0.25, 0.3) is 0 Å².